The van der Waals surface area contributed by atoms with Crippen LogP contribution in [-0.2, 0) is 61.6 Å². The van der Waals surface area contributed by atoms with Gasteiger partial charge in [0.1, 0.15) is 97.7 Å². The molecule has 0 saturated carbocycles. The molecule has 6 rings (SSSR count). The van der Waals surface area contributed by atoms with Gasteiger partial charge in [-0.15, -0.1) is 0 Å². The van der Waals surface area contributed by atoms with Crippen LogP contribution in [0.5, 0.6) is 0 Å². The Hall–Kier alpha value is -1.95. The van der Waals surface area contributed by atoms with Crippen LogP contribution in [0.15, 0.2) is 12.2 Å². The van der Waals surface area contributed by atoms with Gasteiger partial charge < -0.3 is 150 Å². The fraction of sp³-hybridized carbons (Fsp3) is 0.955. The highest BCUT2D eigenvalue weighted by Gasteiger charge is 2.56. The molecule has 6 aliphatic rings. The lowest BCUT2D eigenvalue weighted by molar-refractivity contribution is -0.400. The van der Waals surface area contributed by atoms with E-state index in [2.05, 4.69) is 19.2 Å². The number of unbranched alkanes of at least 4 members (excludes halogenated alkanes) is 21. The van der Waals surface area contributed by atoms with Crippen LogP contribution in [0.1, 0.15) is 188 Å². The van der Waals surface area contributed by atoms with Gasteiger partial charge >= 0.3 is 0 Å². The maximum absolute atomic E-state index is 13.4. The van der Waals surface area contributed by atoms with Crippen molar-refractivity contribution >= 4 is 5.91 Å². The molecule has 574 valence electrons. The van der Waals surface area contributed by atoms with Crippen molar-refractivity contribution in [2.45, 2.75) is 372 Å². The van der Waals surface area contributed by atoms with Gasteiger partial charge in [0.2, 0.25) is 5.91 Å². The summed E-state index contributed by atoms with van der Waals surface area (Å²) >= 11 is 0. The summed E-state index contributed by atoms with van der Waals surface area (Å²) in [7, 11) is 0. The predicted molar refractivity (Wildman–Crippen MR) is 345 cm³/mol. The maximum Gasteiger partial charge on any atom is 0.220 e. The minimum absolute atomic E-state index is 0.244. The Morgan fingerprint density at radius 1 is 0.469 bits per heavy atom. The number of aliphatic hydroxyl groups is 16. The van der Waals surface area contributed by atoms with Gasteiger partial charge in [0.15, 0.2) is 44.0 Å². The summed E-state index contributed by atoms with van der Waals surface area (Å²) in [6.45, 7) is 2.25. The zero-order valence-electron chi connectivity index (χ0n) is 57.4. The molecule has 0 aromatic carbocycles. The van der Waals surface area contributed by atoms with E-state index in [4.69, 9.17) is 62.6 Å². The molecule has 6 heterocycles. The lowest BCUT2D eigenvalue weighted by Gasteiger charge is -2.49. The first kappa shape index (κ1) is 85.0. The van der Waals surface area contributed by atoms with Crippen molar-refractivity contribution in [3.05, 3.63) is 12.2 Å². The largest absolute Gasteiger partial charge is 0.394 e. The third kappa shape index (κ3) is 25.4. The van der Waals surface area contributed by atoms with Crippen LogP contribution < -0.4 is 11.1 Å². The second-order valence-corrected chi connectivity index (χ2v) is 27.3. The highest BCUT2D eigenvalue weighted by molar-refractivity contribution is 5.76. The molecule has 31 nitrogen and oxygen atoms in total. The van der Waals surface area contributed by atoms with Gasteiger partial charge in [-0.3, -0.25) is 4.79 Å². The van der Waals surface area contributed by atoms with Crippen LogP contribution in [-0.4, -0.2) is 305 Å². The van der Waals surface area contributed by atoms with Crippen molar-refractivity contribution in [3.8, 4) is 0 Å². The monoisotopic (exact) mass is 1420 g/mol. The number of ether oxygens (including phenoxy) is 12. The lowest BCUT2D eigenvalue weighted by Crippen LogP contribution is -2.68. The third-order valence-electron chi connectivity index (χ3n) is 19.4. The summed E-state index contributed by atoms with van der Waals surface area (Å²) in [5, 5.41) is 178. The number of carbonyl (C=O) groups is 1. The Morgan fingerprint density at radius 2 is 0.969 bits per heavy atom. The van der Waals surface area contributed by atoms with E-state index in [0.29, 0.717) is 6.42 Å². The summed E-state index contributed by atoms with van der Waals surface area (Å²) in [6.07, 6.45) is -17.7. The van der Waals surface area contributed by atoms with Crippen molar-refractivity contribution in [1.82, 2.24) is 5.32 Å². The Balaban J connectivity index is 1.03. The lowest BCUT2D eigenvalue weighted by atomic mass is 9.95. The third-order valence-corrected chi connectivity index (χ3v) is 19.4. The van der Waals surface area contributed by atoms with Gasteiger partial charge in [0, 0.05) is 19.3 Å². The number of hydrogen-bond acceptors (Lipinski definition) is 30. The average molecular weight is 1420 g/mol. The number of hydrogen-bond donors (Lipinski definition) is 18. The van der Waals surface area contributed by atoms with E-state index in [1.54, 1.807) is 6.08 Å². The summed E-state index contributed by atoms with van der Waals surface area (Å²) in [5.74, 6) is -0.269. The molecule has 30 atom stereocenters. The van der Waals surface area contributed by atoms with E-state index in [1.165, 1.54) is 103 Å². The standard InChI is InChI=1S/C67H122N2O29/c1-4-6-8-10-12-14-16-17-19-20-22-24-26-28-40(74)39(69-47(76)29-27-25-23-21-18-15-13-11-9-7-5-2)36-87-62-41(75)31-42(44(33-71)92-62)90-66-57(85)54(82)58(46(35-73)94-66)95-64-51(79)43(30-38(32-70)89-64)91-63-48(68)59(50(78)45(34-72)93-63)96-67-60(53(81)55(83)61(86)98-67)97-65-56(84)52(80)49(77)37(3)88-65/h26,28,37-46,48-67,70-75,77-86H,4-25,27,29-36,68H2,1-3H3,(H,69,76)/b28-26+/t37?,38?,39?,40?,41?,42-,43?,44?,45?,46?,48?,49+,50+,51?,52?,53?,54?,55+,56?,57?,58-,59?,60?,61?,62+,63+,64+,65-,66+,67+/m0/s1. The number of rotatable bonds is 44. The fourth-order valence-electron chi connectivity index (χ4n) is 13.2. The molecule has 31 heteroatoms. The Kier molecular flexibility index (Phi) is 38.8. The van der Waals surface area contributed by atoms with Gasteiger partial charge in [-0.25, -0.2) is 0 Å². The number of nitrogens with two attached hydrogens (primary N) is 1. The average Bonchev–Trinajstić information content (AvgIpc) is 0.781. The van der Waals surface area contributed by atoms with E-state index < -0.39 is 211 Å². The highest BCUT2D eigenvalue weighted by Crippen LogP contribution is 2.37. The number of aliphatic hydroxyl groups excluding tert-OH is 16. The predicted octanol–water partition coefficient (Wildman–Crippen LogP) is -1.26. The normalized spacial score (nSPS) is 39.4. The molecule has 0 aromatic rings. The molecule has 0 aromatic heterocycles. The van der Waals surface area contributed by atoms with Crippen molar-refractivity contribution in [2.24, 2.45) is 5.73 Å². The van der Waals surface area contributed by atoms with Crippen LogP contribution in [0.2, 0.25) is 0 Å². The Labute approximate surface area is 575 Å². The fourth-order valence-corrected chi connectivity index (χ4v) is 13.2. The Morgan fingerprint density at radius 3 is 1.56 bits per heavy atom. The second kappa shape index (κ2) is 44.8. The van der Waals surface area contributed by atoms with E-state index >= 15 is 0 Å². The first-order valence-corrected chi connectivity index (χ1v) is 36.2. The summed E-state index contributed by atoms with van der Waals surface area (Å²) < 4.78 is 70.4. The van der Waals surface area contributed by atoms with Gasteiger partial charge in [-0.1, -0.05) is 154 Å². The van der Waals surface area contributed by atoms with Crippen molar-refractivity contribution in [2.75, 3.05) is 33.0 Å². The number of allylic oxidation sites excluding steroid dienone is 1. The van der Waals surface area contributed by atoms with Crippen molar-refractivity contribution in [1.29, 1.82) is 0 Å². The molecule has 1 amide bonds. The zero-order valence-corrected chi connectivity index (χ0v) is 57.4. The van der Waals surface area contributed by atoms with Crippen LogP contribution in [0.4, 0.5) is 0 Å². The van der Waals surface area contributed by atoms with E-state index in [9.17, 15) is 86.5 Å². The molecule has 0 spiro atoms. The zero-order chi connectivity index (χ0) is 71.4. The number of amides is 1. The molecule has 0 aliphatic carbocycles. The molecule has 98 heavy (non-hydrogen) atoms. The molecule has 6 saturated heterocycles. The topological polar surface area (TPSA) is 490 Å². The minimum atomic E-state index is -2.14. The van der Waals surface area contributed by atoms with Gasteiger partial charge in [0.25, 0.3) is 0 Å². The van der Waals surface area contributed by atoms with Crippen LogP contribution in [0, 0.1) is 0 Å². The van der Waals surface area contributed by atoms with Crippen molar-refractivity contribution in [3.63, 3.8) is 0 Å². The maximum atomic E-state index is 13.4. The SMILES string of the molecule is CCCCCCCCCCCCC/C=C/C(O)C(CO[C@@H]1OC(CO)[C@@H](O[C@@H]2OC(CO)[C@H](O[C@H]3OC(CO)CC(O[C@@H]4OC(CO)[C@@H](O)C(O[C@@H]5OC(O)[C@H](O)C(O)C5O[C@@H]5OC(C)[C@@H](O)C(O)C5O)C4N)C3O)C(O)C2O)CC1O)NC(=O)CCCCCCCCCCCCC. The molecule has 6 fully saturated rings. The number of nitrogens with one attached hydrogen (secondary N) is 1. The molecule has 6 aliphatic heterocycles. The van der Waals surface area contributed by atoms with Gasteiger partial charge in [0.05, 0.1) is 75.6 Å². The molecular formula is C67H122N2O29. The Bertz CT molecular complexity index is 2170. The van der Waals surface area contributed by atoms with E-state index in [1.807, 2.05) is 6.08 Å². The van der Waals surface area contributed by atoms with Crippen molar-refractivity contribution < 1.29 is 143 Å². The van der Waals surface area contributed by atoms with Gasteiger partial charge in [-0.05, 0) is 26.2 Å². The minimum Gasteiger partial charge on any atom is -0.394 e. The van der Waals surface area contributed by atoms with Crippen LogP contribution in [0.3, 0.4) is 0 Å². The summed E-state index contributed by atoms with van der Waals surface area (Å²) in [4.78, 5) is 13.4. The van der Waals surface area contributed by atoms with Crippen LogP contribution >= 0.6 is 0 Å². The molecular weight excluding hydrogens is 1300 g/mol. The molecule has 0 bridgehead atoms. The summed E-state index contributed by atoms with van der Waals surface area (Å²) in [5.41, 5.74) is 6.58. The molecule has 19 unspecified atom stereocenters. The molecule has 19 N–H and O–H groups in total. The first-order chi connectivity index (χ1) is 47.1. The highest BCUT2D eigenvalue weighted by atomic mass is 16.8. The number of carbonyl (C=O) groups excluding carboxylic acids is 1. The van der Waals surface area contributed by atoms with E-state index in [-0.39, 0.29) is 31.8 Å². The van der Waals surface area contributed by atoms with E-state index in [0.717, 1.165) is 44.9 Å². The van der Waals surface area contributed by atoms with Gasteiger partial charge in [-0.2, -0.15) is 0 Å². The quantitative estimate of drug-likeness (QED) is 0.0250. The van der Waals surface area contributed by atoms with Crippen LogP contribution in [0.25, 0.3) is 0 Å². The molecule has 0 radical (unpaired) electrons. The second-order valence-electron chi connectivity index (χ2n) is 27.3. The first-order valence-electron chi connectivity index (χ1n) is 36.2. The summed E-state index contributed by atoms with van der Waals surface area (Å²) in [6, 6.07) is -2.57. The smallest absolute Gasteiger partial charge is 0.220 e.